The second-order valence-corrected chi connectivity index (χ2v) is 6.26. The van der Waals surface area contributed by atoms with Crippen molar-refractivity contribution in [1.82, 2.24) is 15.1 Å². The number of hydrogen-bond donors (Lipinski definition) is 2. The average molecular weight is 283 g/mol. The monoisotopic (exact) mass is 283 g/mol. The summed E-state index contributed by atoms with van der Waals surface area (Å²) in [5, 5.41) is 17.9. The first-order valence-electron chi connectivity index (χ1n) is 7.81. The number of aryl methyl sites for hydroxylation is 2. The molecule has 1 aromatic heterocycles. The lowest BCUT2D eigenvalue weighted by Crippen LogP contribution is -2.28. The zero-order valence-electron chi connectivity index (χ0n) is 12.3. The van der Waals surface area contributed by atoms with E-state index >= 15 is 0 Å². The number of nitrogens with zero attached hydrogens (tertiary/aromatic N) is 2. The SMILES string of the molecule is Cn1ncc2c1CCCC2NC1CCc2cc(O)ccc21. The normalized spacial score (nSPS) is 23.9. The maximum atomic E-state index is 9.61. The van der Waals surface area contributed by atoms with Gasteiger partial charge in [-0.2, -0.15) is 5.10 Å². The zero-order chi connectivity index (χ0) is 14.4. The quantitative estimate of drug-likeness (QED) is 0.891. The van der Waals surface area contributed by atoms with Crippen LogP contribution in [0.25, 0.3) is 0 Å². The van der Waals surface area contributed by atoms with Crippen molar-refractivity contribution in [3.8, 4) is 5.75 Å². The van der Waals surface area contributed by atoms with E-state index in [0.29, 0.717) is 17.8 Å². The summed E-state index contributed by atoms with van der Waals surface area (Å²) in [5.74, 6) is 0.376. The summed E-state index contributed by atoms with van der Waals surface area (Å²) in [6, 6.07) is 6.59. The molecule has 110 valence electrons. The highest BCUT2D eigenvalue weighted by Gasteiger charge is 2.29. The Morgan fingerprint density at radius 3 is 2.95 bits per heavy atom. The molecule has 0 aliphatic heterocycles. The Morgan fingerprint density at radius 2 is 2.05 bits per heavy atom. The lowest BCUT2D eigenvalue weighted by Gasteiger charge is -2.27. The number of fused-ring (bicyclic) bond motifs is 2. The van der Waals surface area contributed by atoms with Crippen LogP contribution in [0.15, 0.2) is 24.4 Å². The molecule has 4 nitrogen and oxygen atoms in total. The van der Waals surface area contributed by atoms with Crippen molar-refractivity contribution in [2.75, 3.05) is 0 Å². The molecule has 21 heavy (non-hydrogen) atoms. The van der Waals surface area contributed by atoms with E-state index in [1.807, 2.05) is 24.0 Å². The van der Waals surface area contributed by atoms with Crippen LogP contribution in [0.2, 0.25) is 0 Å². The summed E-state index contributed by atoms with van der Waals surface area (Å²) in [5.41, 5.74) is 5.39. The summed E-state index contributed by atoms with van der Waals surface area (Å²) in [6.07, 6.45) is 7.73. The number of hydrogen-bond acceptors (Lipinski definition) is 3. The van der Waals surface area contributed by atoms with E-state index in [4.69, 9.17) is 0 Å². The molecule has 2 atom stereocenters. The van der Waals surface area contributed by atoms with E-state index in [0.717, 1.165) is 19.3 Å². The van der Waals surface area contributed by atoms with E-state index in [2.05, 4.69) is 16.5 Å². The number of rotatable bonds is 2. The highest BCUT2D eigenvalue weighted by Crippen LogP contribution is 2.37. The largest absolute Gasteiger partial charge is 0.508 e. The van der Waals surface area contributed by atoms with Gasteiger partial charge in [-0.1, -0.05) is 6.07 Å². The van der Waals surface area contributed by atoms with Crippen molar-refractivity contribution in [2.45, 2.75) is 44.2 Å². The Labute approximate surface area is 124 Å². The third kappa shape index (κ3) is 2.14. The number of phenols is 1. The average Bonchev–Trinajstić information content (AvgIpc) is 3.04. The molecule has 0 spiro atoms. The van der Waals surface area contributed by atoms with E-state index in [1.54, 1.807) is 6.07 Å². The van der Waals surface area contributed by atoms with E-state index < -0.39 is 0 Å². The van der Waals surface area contributed by atoms with Crippen molar-refractivity contribution >= 4 is 0 Å². The van der Waals surface area contributed by atoms with Gasteiger partial charge in [-0.05, 0) is 55.4 Å². The Hall–Kier alpha value is -1.81. The molecule has 4 rings (SSSR count). The maximum absolute atomic E-state index is 9.61. The molecule has 0 fully saturated rings. The van der Waals surface area contributed by atoms with Gasteiger partial charge in [-0.15, -0.1) is 0 Å². The van der Waals surface area contributed by atoms with Crippen molar-refractivity contribution in [3.63, 3.8) is 0 Å². The van der Waals surface area contributed by atoms with Crippen molar-refractivity contribution in [2.24, 2.45) is 7.05 Å². The van der Waals surface area contributed by atoms with Crippen LogP contribution >= 0.6 is 0 Å². The van der Waals surface area contributed by atoms with Crippen LogP contribution in [0.1, 0.15) is 53.7 Å². The highest BCUT2D eigenvalue weighted by molar-refractivity contribution is 5.40. The van der Waals surface area contributed by atoms with E-state index in [-0.39, 0.29) is 0 Å². The fourth-order valence-electron chi connectivity index (χ4n) is 3.90. The highest BCUT2D eigenvalue weighted by atomic mass is 16.3. The van der Waals surface area contributed by atoms with E-state index in [1.165, 1.54) is 35.2 Å². The first-order chi connectivity index (χ1) is 10.2. The topological polar surface area (TPSA) is 50.1 Å². The van der Waals surface area contributed by atoms with Crippen molar-refractivity contribution in [1.29, 1.82) is 0 Å². The minimum atomic E-state index is 0.376. The predicted octanol–water partition coefficient (Wildman–Crippen LogP) is 2.78. The summed E-state index contributed by atoms with van der Waals surface area (Å²) >= 11 is 0. The molecule has 0 amide bonds. The van der Waals surface area contributed by atoms with Gasteiger partial charge in [0.25, 0.3) is 0 Å². The molecule has 2 N–H and O–H groups in total. The van der Waals surface area contributed by atoms with Crippen LogP contribution < -0.4 is 5.32 Å². The van der Waals surface area contributed by atoms with E-state index in [9.17, 15) is 5.11 Å². The molecule has 4 heteroatoms. The Kier molecular flexibility index (Phi) is 3.00. The van der Waals surface area contributed by atoms with Gasteiger partial charge >= 0.3 is 0 Å². The van der Waals surface area contributed by atoms with Gasteiger partial charge in [0.05, 0.1) is 6.20 Å². The minimum absolute atomic E-state index is 0.376. The van der Waals surface area contributed by atoms with Gasteiger partial charge in [0, 0.05) is 30.4 Å². The van der Waals surface area contributed by atoms with Crippen LogP contribution in [0.5, 0.6) is 5.75 Å². The Morgan fingerprint density at radius 1 is 1.19 bits per heavy atom. The second kappa shape index (κ2) is 4.88. The van der Waals surface area contributed by atoms with Gasteiger partial charge in [-0.3, -0.25) is 4.68 Å². The molecule has 2 aromatic rings. The smallest absolute Gasteiger partial charge is 0.115 e. The molecule has 0 saturated carbocycles. The van der Waals surface area contributed by atoms with Gasteiger partial charge < -0.3 is 10.4 Å². The number of nitrogens with one attached hydrogen (secondary N) is 1. The van der Waals surface area contributed by atoms with Crippen LogP contribution in [0, 0.1) is 0 Å². The van der Waals surface area contributed by atoms with Crippen LogP contribution in [-0.4, -0.2) is 14.9 Å². The lowest BCUT2D eigenvalue weighted by molar-refractivity contribution is 0.395. The number of aromatic nitrogens is 2. The third-order valence-electron chi connectivity index (χ3n) is 4.98. The second-order valence-electron chi connectivity index (χ2n) is 6.26. The molecule has 1 heterocycles. The Balaban J connectivity index is 1.59. The summed E-state index contributed by atoms with van der Waals surface area (Å²) in [4.78, 5) is 0. The molecule has 2 aliphatic carbocycles. The van der Waals surface area contributed by atoms with Crippen LogP contribution in [-0.2, 0) is 19.9 Å². The van der Waals surface area contributed by atoms with Gasteiger partial charge in [0.15, 0.2) is 0 Å². The molecule has 0 radical (unpaired) electrons. The molecule has 0 saturated heterocycles. The summed E-state index contributed by atoms with van der Waals surface area (Å²) < 4.78 is 2.02. The predicted molar refractivity (Wildman–Crippen MR) is 81.2 cm³/mol. The standard InChI is InChI=1S/C17H21N3O/c1-20-17-4-2-3-15(14(17)10-18-20)19-16-8-5-11-9-12(21)6-7-13(11)16/h6-7,9-10,15-16,19,21H,2-5,8H2,1H3. The number of benzene rings is 1. The van der Waals surface area contributed by atoms with Crippen LogP contribution in [0.3, 0.4) is 0 Å². The first kappa shape index (κ1) is 12.9. The van der Waals surface area contributed by atoms with Crippen LogP contribution in [0.4, 0.5) is 0 Å². The molecule has 0 bridgehead atoms. The maximum Gasteiger partial charge on any atom is 0.115 e. The molecule has 2 unspecified atom stereocenters. The molecular weight excluding hydrogens is 262 g/mol. The first-order valence-corrected chi connectivity index (χ1v) is 7.81. The fourth-order valence-corrected chi connectivity index (χ4v) is 3.90. The van der Waals surface area contributed by atoms with Gasteiger partial charge in [0.2, 0.25) is 0 Å². The fraction of sp³-hybridized carbons (Fsp3) is 0.471. The zero-order valence-corrected chi connectivity index (χ0v) is 12.3. The summed E-state index contributed by atoms with van der Waals surface area (Å²) in [7, 11) is 2.04. The van der Waals surface area contributed by atoms with Gasteiger partial charge in [-0.25, -0.2) is 0 Å². The molecule has 2 aliphatic rings. The lowest BCUT2D eigenvalue weighted by atomic mass is 9.92. The van der Waals surface area contributed by atoms with Crippen molar-refractivity contribution in [3.05, 3.63) is 46.8 Å². The third-order valence-corrected chi connectivity index (χ3v) is 4.98. The molecular formula is C17H21N3O. The Bertz CT molecular complexity index is 677. The van der Waals surface area contributed by atoms with Crippen molar-refractivity contribution < 1.29 is 5.11 Å². The number of aromatic hydroxyl groups is 1. The van der Waals surface area contributed by atoms with Gasteiger partial charge in [0.1, 0.15) is 5.75 Å². The summed E-state index contributed by atoms with van der Waals surface area (Å²) in [6.45, 7) is 0. The number of phenolic OH excluding ortho intramolecular Hbond substituents is 1. The molecule has 1 aromatic carbocycles. The minimum Gasteiger partial charge on any atom is -0.508 e.